The van der Waals surface area contributed by atoms with E-state index in [1.165, 1.54) is 37.7 Å². The Bertz CT molecular complexity index is 385. The van der Waals surface area contributed by atoms with Crippen molar-refractivity contribution in [2.24, 2.45) is 5.73 Å². The molecule has 92 valence electrons. The maximum atomic E-state index is 11.0. The lowest BCUT2D eigenvalue weighted by molar-refractivity contribution is 0.257. The van der Waals surface area contributed by atoms with Gasteiger partial charge in [-0.25, -0.2) is 9.10 Å². The van der Waals surface area contributed by atoms with Gasteiger partial charge in [-0.05, 0) is 36.5 Å². The van der Waals surface area contributed by atoms with E-state index in [1.54, 1.807) is 0 Å². The molecular formula is C13H18N2OS. The lowest BCUT2D eigenvalue weighted by atomic mass is 9.84. The summed E-state index contributed by atoms with van der Waals surface area (Å²) in [6.07, 6.45) is 6.57. The van der Waals surface area contributed by atoms with E-state index in [1.807, 2.05) is 12.1 Å². The molecule has 0 unspecified atom stereocenters. The number of rotatable bonds is 2. The topological polar surface area (TPSA) is 46.3 Å². The largest absolute Gasteiger partial charge is 0.350 e. The fourth-order valence-corrected chi connectivity index (χ4v) is 2.58. The van der Waals surface area contributed by atoms with Gasteiger partial charge in [-0.2, -0.15) is 0 Å². The maximum Gasteiger partial charge on any atom is 0.329 e. The molecule has 4 heteroatoms. The smallest absolute Gasteiger partial charge is 0.329 e. The van der Waals surface area contributed by atoms with Crippen LogP contribution in [0.3, 0.4) is 0 Å². The Morgan fingerprint density at radius 2 is 1.76 bits per heavy atom. The summed E-state index contributed by atoms with van der Waals surface area (Å²) in [5.41, 5.74) is 7.24. The van der Waals surface area contributed by atoms with E-state index in [2.05, 4.69) is 24.9 Å². The first-order valence-corrected chi connectivity index (χ1v) is 6.47. The molecule has 1 aromatic carbocycles. The molecule has 1 aliphatic rings. The lowest BCUT2D eigenvalue weighted by Gasteiger charge is -2.22. The second kappa shape index (κ2) is 5.45. The van der Waals surface area contributed by atoms with Crippen molar-refractivity contribution in [2.45, 2.75) is 38.0 Å². The zero-order chi connectivity index (χ0) is 12.3. The van der Waals surface area contributed by atoms with Gasteiger partial charge in [0.2, 0.25) is 0 Å². The minimum atomic E-state index is -0.557. The predicted octanol–water partition coefficient (Wildman–Crippen LogP) is 3.46. The van der Waals surface area contributed by atoms with Gasteiger partial charge in [0.1, 0.15) is 0 Å². The van der Waals surface area contributed by atoms with Crippen LogP contribution in [0.5, 0.6) is 0 Å². The number of nitrogens with zero attached hydrogens (tertiary/aromatic N) is 1. The zero-order valence-electron chi connectivity index (χ0n) is 9.80. The van der Waals surface area contributed by atoms with Crippen molar-refractivity contribution >= 4 is 24.5 Å². The van der Waals surface area contributed by atoms with Gasteiger partial charge < -0.3 is 5.73 Å². The van der Waals surface area contributed by atoms with Crippen LogP contribution in [-0.4, -0.2) is 6.03 Å². The number of amides is 2. The quantitative estimate of drug-likeness (QED) is 0.776. The predicted molar refractivity (Wildman–Crippen MR) is 73.3 cm³/mol. The molecule has 3 nitrogen and oxygen atoms in total. The summed E-state index contributed by atoms with van der Waals surface area (Å²) in [5.74, 6) is 0.680. The Hall–Kier alpha value is -1.16. The molecule has 0 aliphatic heterocycles. The number of carbonyl (C=O) groups is 1. The van der Waals surface area contributed by atoms with Gasteiger partial charge in [-0.15, -0.1) is 0 Å². The molecule has 0 bridgehead atoms. The number of carbonyl (C=O) groups excluding carboxylic acids is 1. The molecule has 2 N–H and O–H groups in total. The molecule has 0 spiro atoms. The van der Waals surface area contributed by atoms with E-state index in [9.17, 15) is 4.79 Å². The van der Waals surface area contributed by atoms with E-state index in [0.29, 0.717) is 5.92 Å². The first-order chi connectivity index (χ1) is 8.18. The van der Waals surface area contributed by atoms with E-state index in [0.717, 1.165) is 9.99 Å². The maximum absolute atomic E-state index is 11.0. The fourth-order valence-electron chi connectivity index (χ4n) is 2.45. The SMILES string of the molecule is NC(=O)N(S)c1ccc(C2CCCCC2)cc1. The second-order valence-corrected chi connectivity index (χ2v) is 4.98. The number of benzene rings is 1. The van der Waals surface area contributed by atoms with E-state index in [4.69, 9.17) is 5.73 Å². The summed E-state index contributed by atoms with van der Waals surface area (Å²) in [6.45, 7) is 0. The van der Waals surface area contributed by atoms with Crippen molar-refractivity contribution in [2.75, 3.05) is 4.31 Å². The molecule has 2 amide bonds. The highest BCUT2D eigenvalue weighted by atomic mass is 32.1. The van der Waals surface area contributed by atoms with Gasteiger partial charge >= 0.3 is 6.03 Å². The summed E-state index contributed by atoms with van der Waals surface area (Å²) in [6, 6.07) is 7.41. The van der Waals surface area contributed by atoms with Crippen LogP contribution in [0.1, 0.15) is 43.6 Å². The summed E-state index contributed by atoms with van der Waals surface area (Å²) in [4.78, 5) is 11.0. The number of urea groups is 1. The van der Waals surface area contributed by atoms with Gasteiger partial charge in [0.15, 0.2) is 0 Å². The molecule has 2 rings (SSSR count). The molecule has 1 fully saturated rings. The minimum Gasteiger partial charge on any atom is -0.350 e. The molecule has 1 aliphatic carbocycles. The highest BCUT2D eigenvalue weighted by Gasteiger charge is 2.16. The van der Waals surface area contributed by atoms with Crippen molar-refractivity contribution in [1.82, 2.24) is 0 Å². The number of nitrogens with two attached hydrogens (primary N) is 1. The monoisotopic (exact) mass is 250 g/mol. The van der Waals surface area contributed by atoms with Crippen LogP contribution in [0.15, 0.2) is 24.3 Å². The third kappa shape index (κ3) is 2.94. The van der Waals surface area contributed by atoms with Crippen LogP contribution in [-0.2, 0) is 0 Å². The van der Waals surface area contributed by atoms with Crippen LogP contribution in [0.25, 0.3) is 0 Å². The fraction of sp³-hybridized carbons (Fsp3) is 0.462. The highest BCUT2D eigenvalue weighted by molar-refractivity contribution is 7.82. The van der Waals surface area contributed by atoms with Crippen LogP contribution >= 0.6 is 12.8 Å². The average Bonchev–Trinajstić information content (AvgIpc) is 2.39. The van der Waals surface area contributed by atoms with E-state index < -0.39 is 6.03 Å². The molecule has 17 heavy (non-hydrogen) atoms. The average molecular weight is 250 g/mol. The summed E-state index contributed by atoms with van der Waals surface area (Å²) < 4.78 is 1.16. The standard InChI is InChI=1S/C13H18N2OS/c14-13(16)15(17)12-8-6-11(7-9-12)10-4-2-1-3-5-10/h6-10,17H,1-5H2,(H2,14,16). The first kappa shape index (κ1) is 12.3. The van der Waals surface area contributed by atoms with Crippen molar-refractivity contribution in [1.29, 1.82) is 0 Å². The van der Waals surface area contributed by atoms with Gasteiger partial charge in [-0.3, -0.25) is 0 Å². The lowest BCUT2D eigenvalue weighted by Crippen LogP contribution is -2.27. The van der Waals surface area contributed by atoms with Crippen molar-refractivity contribution in [3.63, 3.8) is 0 Å². The third-order valence-corrected chi connectivity index (χ3v) is 3.85. The molecular weight excluding hydrogens is 232 g/mol. The zero-order valence-corrected chi connectivity index (χ0v) is 10.7. The van der Waals surface area contributed by atoms with Crippen LogP contribution in [0.4, 0.5) is 10.5 Å². The highest BCUT2D eigenvalue weighted by Crippen LogP contribution is 2.33. The Morgan fingerprint density at radius 1 is 1.18 bits per heavy atom. The molecule has 0 heterocycles. The third-order valence-electron chi connectivity index (χ3n) is 3.42. The van der Waals surface area contributed by atoms with Gasteiger partial charge in [0.25, 0.3) is 0 Å². The van der Waals surface area contributed by atoms with Gasteiger partial charge in [0.05, 0.1) is 5.69 Å². The molecule has 1 saturated carbocycles. The Kier molecular flexibility index (Phi) is 3.94. The molecule has 0 aromatic heterocycles. The van der Waals surface area contributed by atoms with Crippen molar-refractivity contribution in [3.05, 3.63) is 29.8 Å². The van der Waals surface area contributed by atoms with E-state index in [-0.39, 0.29) is 0 Å². The number of primary amides is 1. The van der Waals surface area contributed by atoms with Gasteiger partial charge in [-0.1, -0.05) is 44.2 Å². The summed E-state index contributed by atoms with van der Waals surface area (Å²) in [5, 5.41) is 0. The first-order valence-electron chi connectivity index (χ1n) is 6.07. The molecule has 0 radical (unpaired) electrons. The van der Waals surface area contributed by atoms with Crippen molar-refractivity contribution < 1.29 is 4.79 Å². The molecule has 1 aromatic rings. The van der Waals surface area contributed by atoms with Gasteiger partial charge in [0, 0.05) is 0 Å². The molecule has 0 atom stereocenters. The number of hydrogen-bond acceptors (Lipinski definition) is 2. The van der Waals surface area contributed by atoms with Crippen LogP contribution < -0.4 is 10.0 Å². The Morgan fingerprint density at radius 3 is 2.29 bits per heavy atom. The Balaban J connectivity index is 2.09. The normalized spacial score (nSPS) is 16.8. The van der Waals surface area contributed by atoms with E-state index >= 15 is 0 Å². The van der Waals surface area contributed by atoms with Crippen LogP contribution in [0, 0.1) is 0 Å². The summed E-state index contributed by atoms with van der Waals surface area (Å²) in [7, 11) is 0. The number of anilines is 1. The second-order valence-electron chi connectivity index (χ2n) is 4.58. The Labute approximate surface area is 108 Å². The minimum absolute atomic E-state index is 0.557. The number of hydrogen-bond donors (Lipinski definition) is 2. The molecule has 0 saturated heterocycles. The summed E-state index contributed by atoms with van der Waals surface area (Å²) >= 11 is 4.03. The number of thiol groups is 1. The van der Waals surface area contributed by atoms with Crippen LogP contribution in [0.2, 0.25) is 0 Å². The van der Waals surface area contributed by atoms with Crippen molar-refractivity contribution in [3.8, 4) is 0 Å².